The number of ether oxygens (including phenoxy) is 2. The fraction of sp³-hybridized carbons (Fsp3) is 0.333. The highest BCUT2D eigenvalue weighted by molar-refractivity contribution is 6.02. The van der Waals surface area contributed by atoms with Gasteiger partial charge in [-0.05, 0) is 38.7 Å². The van der Waals surface area contributed by atoms with Gasteiger partial charge in [-0.1, -0.05) is 5.10 Å². The summed E-state index contributed by atoms with van der Waals surface area (Å²) in [5.74, 6) is -8.33. The molecule has 1 fully saturated rings. The van der Waals surface area contributed by atoms with Crippen molar-refractivity contribution in [1.29, 1.82) is 0 Å². The summed E-state index contributed by atoms with van der Waals surface area (Å²) in [5, 5.41) is 22.4. The third-order valence-electron chi connectivity index (χ3n) is 5.98. The first-order valence-electron chi connectivity index (χ1n) is 11.9. The molecule has 0 spiro atoms. The van der Waals surface area contributed by atoms with E-state index in [1.54, 1.807) is 6.92 Å². The lowest BCUT2D eigenvalue weighted by molar-refractivity contribution is -0.384. The van der Waals surface area contributed by atoms with Crippen LogP contribution in [0.2, 0.25) is 0 Å². The van der Waals surface area contributed by atoms with Crippen molar-refractivity contribution in [3.05, 3.63) is 63.5 Å². The number of aromatic nitrogens is 2. The number of esters is 1. The third-order valence-corrected chi connectivity index (χ3v) is 5.98. The highest BCUT2D eigenvalue weighted by atomic mass is 19.2. The summed E-state index contributed by atoms with van der Waals surface area (Å²) in [6, 6.07) is 2.11. The zero-order chi connectivity index (χ0) is 29.0. The number of anilines is 3. The van der Waals surface area contributed by atoms with E-state index in [-0.39, 0.29) is 30.3 Å². The van der Waals surface area contributed by atoms with E-state index in [9.17, 15) is 32.9 Å². The van der Waals surface area contributed by atoms with E-state index in [1.807, 2.05) is 5.32 Å². The van der Waals surface area contributed by atoms with Crippen molar-refractivity contribution in [2.24, 2.45) is 5.92 Å². The fourth-order valence-electron chi connectivity index (χ4n) is 4.03. The Kier molecular flexibility index (Phi) is 8.45. The molecule has 40 heavy (non-hydrogen) atoms. The number of rotatable bonds is 9. The molecule has 0 bridgehead atoms. The number of nitro groups is 1. The number of carbonyl (C=O) groups is 2. The van der Waals surface area contributed by atoms with Crippen LogP contribution in [-0.4, -0.2) is 39.7 Å². The molecule has 1 aliphatic rings. The molecule has 12 nitrogen and oxygen atoms in total. The van der Waals surface area contributed by atoms with Gasteiger partial charge in [-0.15, -0.1) is 5.10 Å². The van der Waals surface area contributed by atoms with Crippen LogP contribution in [0.3, 0.4) is 0 Å². The Labute approximate surface area is 222 Å². The number of benzene rings is 2. The molecular weight excluding hydrogens is 546 g/mol. The van der Waals surface area contributed by atoms with Crippen molar-refractivity contribution in [3.63, 3.8) is 0 Å². The van der Waals surface area contributed by atoms with Gasteiger partial charge >= 0.3 is 23.8 Å². The molecule has 1 amide bonds. The molecule has 2 aromatic carbocycles. The number of carbonyl (C=O) groups excluding carboxylic acids is 2. The van der Waals surface area contributed by atoms with Crippen molar-refractivity contribution >= 4 is 35.0 Å². The summed E-state index contributed by atoms with van der Waals surface area (Å²) in [6.45, 7) is 1.96. The van der Waals surface area contributed by atoms with Crippen LogP contribution in [0.4, 0.5) is 40.6 Å². The van der Waals surface area contributed by atoms with Crippen LogP contribution in [-0.2, 0) is 9.53 Å². The van der Waals surface area contributed by atoms with Gasteiger partial charge in [0.1, 0.15) is 5.82 Å². The minimum atomic E-state index is -1.44. The van der Waals surface area contributed by atoms with Gasteiger partial charge in [0.25, 0.3) is 5.69 Å². The number of halogens is 4. The standard InChI is InChI=1S/C24H21F4N5O7/c1-2-38-23(35)11-3-5-12(6-4-11)39-18-8-7-17(33(36)37)20(19(18)28)30-21(34)22-31-32-24(40-22)29-16-10-14(26)13(25)9-15(16)27/h7-12H,2-6H2,1H3,(H,29,32)(H,30,34)/t11-,12-. The first-order chi connectivity index (χ1) is 19.1. The van der Waals surface area contributed by atoms with Crippen LogP contribution in [0.1, 0.15) is 43.3 Å². The van der Waals surface area contributed by atoms with Gasteiger partial charge in [0, 0.05) is 18.2 Å². The van der Waals surface area contributed by atoms with Crippen LogP contribution in [0.15, 0.2) is 28.7 Å². The Morgan fingerprint density at radius 3 is 2.45 bits per heavy atom. The minimum absolute atomic E-state index is 0.256. The second-order valence-electron chi connectivity index (χ2n) is 8.61. The van der Waals surface area contributed by atoms with E-state index >= 15 is 4.39 Å². The average molecular weight is 567 g/mol. The lowest BCUT2D eigenvalue weighted by atomic mass is 9.87. The van der Waals surface area contributed by atoms with Crippen LogP contribution in [0, 0.1) is 39.3 Å². The zero-order valence-corrected chi connectivity index (χ0v) is 20.7. The van der Waals surface area contributed by atoms with Crippen molar-refractivity contribution in [1.82, 2.24) is 10.2 Å². The molecule has 0 atom stereocenters. The highest BCUT2D eigenvalue weighted by Crippen LogP contribution is 2.36. The summed E-state index contributed by atoms with van der Waals surface area (Å²) in [7, 11) is 0. The van der Waals surface area contributed by atoms with E-state index in [0.29, 0.717) is 31.7 Å². The molecule has 1 heterocycles. The summed E-state index contributed by atoms with van der Waals surface area (Å²) in [6.07, 6.45) is 1.20. The second kappa shape index (κ2) is 12.0. The molecule has 3 aromatic rings. The summed E-state index contributed by atoms with van der Waals surface area (Å²) >= 11 is 0. The van der Waals surface area contributed by atoms with Crippen LogP contribution >= 0.6 is 0 Å². The minimum Gasteiger partial charge on any atom is -0.487 e. The van der Waals surface area contributed by atoms with Crippen LogP contribution < -0.4 is 15.4 Å². The molecule has 0 radical (unpaired) electrons. The summed E-state index contributed by atoms with van der Waals surface area (Å²) in [5.41, 5.74) is -2.23. The van der Waals surface area contributed by atoms with Gasteiger partial charge in [0.2, 0.25) is 0 Å². The van der Waals surface area contributed by atoms with Gasteiger partial charge in [-0.2, -0.15) is 0 Å². The van der Waals surface area contributed by atoms with E-state index in [4.69, 9.17) is 13.9 Å². The molecule has 4 rings (SSSR count). The van der Waals surface area contributed by atoms with Gasteiger partial charge in [-0.25, -0.2) is 17.6 Å². The van der Waals surface area contributed by atoms with E-state index < -0.39 is 69.2 Å². The van der Waals surface area contributed by atoms with Gasteiger partial charge < -0.3 is 24.5 Å². The number of hydrogen-bond acceptors (Lipinski definition) is 10. The van der Waals surface area contributed by atoms with Crippen LogP contribution in [0.5, 0.6) is 5.75 Å². The summed E-state index contributed by atoms with van der Waals surface area (Å²) < 4.78 is 71.4. The smallest absolute Gasteiger partial charge is 0.320 e. The fourth-order valence-corrected chi connectivity index (χ4v) is 4.03. The highest BCUT2D eigenvalue weighted by Gasteiger charge is 2.31. The molecule has 1 aliphatic carbocycles. The normalized spacial score (nSPS) is 16.7. The topological polar surface area (TPSA) is 159 Å². The Morgan fingerprint density at radius 2 is 1.77 bits per heavy atom. The third kappa shape index (κ3) is 6.27. The van der Waals surface area contributed by atoms with Gasteiger partial charge in [0.05, 0.1) is 29.2 Å². The predicted octanol–water partition coefficient (Wildman–Crippen LogP) is 5.03. The van der Waals surface area contributed by atoms with Crippen molar-refractivity contribution in [3.8, 4) is 5.75 Å². The molecule has 1 saturated carbocycles. The number of amides is 1. The quantitative estimate of drug-likeness (QED) is 0.118. The molecule has 0 saturated heterocycles. The zero-order valence-electron chi connectivity index (χ0n) is 20.7. The molecule has 212 valence electrons. The van der Waals surface area contributed by atoms with Crippen molar-refractivity contribution in [2.45, 2.75) is 38.7 Å². The molecule has 2 N–H and O–H groups in total. The van der Waals surface area contributed by atoms with Crippen molar-refractivity contribution < 1.29 is 46.0 Å². The maximum absolute atomic E-state index is 15.3. The Morgan fingerprint density at radius 1 is 1.07 bits per heavy atom. The Hall–Kier alpha value is -4.76. The lowest BCUT2D eigenvalue weighted by Crippen LogP contribution is -2.29. The van der Waals surface area contributed by atoms with E-state index in [1.165, 1.54) is 0 Å². The largest absolute Gasteiger partial charge is 0.487 e. The monoisotopic (exact) mass is 567 g/mol. The number of hydrogen-bond donors (Lipinski definition) is 2. The van der Waals surface area contributed by atoms with Gasteiger partial charge in [0.15, 0.2) is 28.9 Å². The van der Waals surface area contributed by atoms with E-state index in [2.05, 4.69) is 15.5 Å². The van der Waals surface area contributed by atoms with E-state index in [0.717, 1.165) is 12.1 Å². The molecule has 0 aliphatic heterocycles. The first kappa shape index (κ1) is 28.3. The SMILES string of the molecule is CCOC(=O)[C@H]1CC[C@H](Oc2ccc([N+](=O)[O-])c(NC(=O)c3nnc(Nc4cc(F)c(F)cc4F)o3)c2F)CC1. The summed E-state index contributed by atoms with van der Waals surface area (Å²) in [4.78, 5) is 35.1. The molecular formula is C24H21F4N5O7. The predicted molar refractivity (Wildman–Crippen MR) is 128 cm³/mol. The van der Waals surface area contributed by atoms with Crippen molar-refractivity contribution in [2.75, 3.05) is 17.2 Å². The number of nitrogens with one attached hydrogen (secondary N) is 2. The number of nitro benzene ring substituents is 1. The Bertz CT molecular complexity index is 1440. The average Bonchev–Trinajstić information content (AvgIpc) is 3.38. The molecule has 16 heteroatoms. The molecule has 1 aromatic heterocycles. The maximum atomic E-state index is 15.3. The maximum Gasteiger partial charge on any atom is 0.320 e. The Balaban J connectivity index is 1.48. The van der Waals surface area contributed by atoms with Crippen LogP contribution in [0.25, 0.3) is 0 Å². The second-order valence-corrected chi connectivity index (χ2v) is 8.61. The van der Waals surface area contributed by atoms with Gasteiger partial charge in [-0.3, -0.25) is 19.7 Å². The first-order valence-corrected chi connectivity index (χ1v) is 11.9. The lowest BCUT2D eigenvalue weighted by Gasteiger charge is -2.28. The number of nitrogens with zero attached hydrogens (tertiary/aromatic N) is 3. The molecule has 0 unspecified atom stereocenters.